The molecule has 0 radical (unpaired) electrons. The Morgan fingerprint density at radius 1 is 1.11 bits per heavy atom. The predicted octanol–water partition coefficient (Wildman–Crippen LogP) is 3.59. The molecule has 1 aromatic carbocycles. The van der Waals surface area contributed by atoms with Crippen LogP contribution in [0.15, 0.2) is 36.0 Å². The maximum Gasteiger partial charge on any atom is 0.223 e. The highest BCUT2D eigenvalue weighted by molar-refractivity contribution is 7.16. The van der Waals surface area contributed by atoms with Gasteiger partial charge in [0.2, 0.25) is 5.91 Å². The monoisotopic (exact) mass is 380 g/mol. The molecule has 1 aliphatic heterocycles. The zero-order valence-corrected chi connectivity index (χ0v) is 16.6. The number of thiophene rings is 1. The van der Waals surface area contributed by atoms with E-state index in [1.54, 1.807) is 17.7 Å². The third-order valence-electron chi connectivity index (χ3n) is 5.28. The fourth-order valence-corrected chi connectivity index (χ4v) is 4.45. The zero-order valence-electron chi connectivity index (χ0n) is 15.8. The highest BCUT2D eigenvalue weighted by Crippen LogP contribution is 2.27. The minimum atomic E-state index is 0.248. The van der Waals surface area contributed by atoms with Gasteiger partial charge >= 0.3 is 0 Å². The van der Waals surface area contributed by atoms with Crippen LogP contribution >= 0.6 is 11.3 Å². The van der Waals surface area contributed by atoms with Crippen LogP contribution in [0.5, 0.6) is 0 Å². The van der Waals surface area contributed by atoms with Gasteiger partial charge in [-0.3, -0.25) is 4.79 Å². The van der Waals surface area contributed by atoms with Crippen molar-refractivity contribution in [2.45, 2.75) is 26.7 Å². The summed E-state index contributed by atoms with van der Waals surface area (Å²) in [5.74, 6) is 1.24. The van der Waals surface area contributed by atoms with Gasteiger partial charge in [0.15, 0.2) is 0 Å². The van der Waals surface area contributed by atoms with Gasteiger partial charge in [-0.1, -0.05) is 23.8 Å². The molecule has 0 atom stereocenters. The molecule has 0 spiro atoms. The Kier molecular flexibility index (Phi) is 5.07. The first-order valence-electron chi connectivity index (χ1n) is 9.39. The molecule has 1 saturated heterocycles. The van der Waals surface area contributed by atoms with Crippen LogP contribution in [0.3, 0.4) is 0 Å². The molecular weight excluding hydrogens is 356 g/mol. The molecular formula is C21H24N4OS. The summed E-state index contributed by atoms with van der Waals surface area (Å²) >= 11 is 1.64. The van der Waals surface area contributed by atoms with Crippen LogP contribution in [-0.2, 0) is 11.2 Å². The Morgan fingerprint density at radius 2 is 1.93 bits per heavy atom. The summed E-state index contributed by atoms with van der Waals surface area (Å²) in [6, 6.07) is 8.54. The van der Waals surface area contributed by atoms with Gasteiger partial charge in [0.05, 0.1) is 5.39 Å². The second-order valence-corrected chi connectivity index (χ2v) is 8.03. The fraction of sp³-hybridized carbons (Fsp3) is 0.381. The quantitative estimate of drug-likeness (QED) is 0.694. The summed E-state index contributed by atoms with van der Waals surface area (Å²) in [6.45, 7) is 7.36. The Hall–Kier alpha value is -2.47. The summed E-state index contributed by atoms with van der Waals surface area (Å²) in [4.78, 5) is 26.7. The SMILES string of the molecule is Cc1ccc(CCC(=O)N2CCN(c3ncnc4sccc34)CC2)c(C)c1. The standard InChI is InChI=1S/C21H24N4OS/c1-15-3-4-17(16(2)13-15)5-6-19(26)24-8-10-25(11-9-24)20-18-7-12-27-21(18)23-14-22-20/h3-4,7,12-14H,5-6,8-11H2,1-2H3. The first kappa shape index (κ1) is 17.9. The van der Waals surface area contributed by atoms with E-state index in [0.29, 0.717) is 6.42 Å². The van der Waals surface area contributed by atoms with Gasteiger partial charge in [-0.2, -0.15) is 0 Å². The van der Waals surface area contributed by atoms with Crippen molar-refractivity contribution in [2.24, 2.45) is 0 Å². The number of carbonyl (C=O) groups is 1. The number of hydrogen-bond donors (Lipinski definition) is 0. The van der Waals surface area contributed by atoms with Crippen molar-refractivity contribution in [3.05, 3.63) is 52.7 Å². The first-order chi connectivity index (χ1) is 13.1. The maximum absolute atomic E-state index is 12.6. The Bertz CT molecular complexity index is 960. The Labute approximate surface area is 163 Å². The average Bonchev–Trinajstić information content (AvgIpc) is 3.16. The van der Waals surface area contributed by atoms with E-state index in [4.69, 9.17) is 0 Å². The Balaban J connectivity index is 1.35. The largest absolute Gasteiger partial charge is 0.352 e. The number of benzene rings is 1. The van der Waals surface area contributed by atoms with Crippen LogP contribution in [0.4, 0.5) is 5.82 Å². The van der Waals surface area contributed by atoms with E-state index in [9.17, 15) is 4.79 Å². The maximum atomic E-state index is 12.6. The summed E-state index contributed by atoms with van der Waals surface area (Å²) in [7, 11) is 0. The number of piperazine rings is 1. The summed E-state index contributed by atoms with van der Waals surface area (Å²) in [5.41, 5.74) is 3.81. The van der Waals surface area contributed by atoms with Crippen LogP contribution < -0.4 is 4.90 Å². The van der Waals surface area contributed by atoms with E-state index >= 15 is 0 Å². The lowest BCUT2D eigenvalue weighted by Gasteiger charge is -2.35. The molecule has 0 saturated carbocycles. The zero-order chi connectivity index (χ0) is 18.8. The molecule has 27 heavy (non-hydrogen) atoms. The molecule has 1 fully saturated rings. The summed E-state index contributed by atoms with van der Waals surface area (Å²) < 4.78 is 0. The number of fused-ring (bicyclic) bond motifs is 1. The molecule has 2 aromatic heterocycles. The third kappa shape index (κ3) is 3.81. The first-order valence-corrected chi connectivity index (χ1v) is 10.3. The van der Waals surface area contributed by atoms with Crippen molar-refractivity contribution in [3.63, 3.8) is 0 Å². The van der Waals surface area contributed by atoms with Crippen molar-refractivity contribution >= 4 is 33.3 Å². The second-order valence-electron chi connectivity index (χ2n) is 7.13. The molecule has 0 N–H and O–H groups in total. The number of amides is 1. The Morgan fingerprint density at radius 3 is 2.70 bits per heavy atom. The summed E-state index contributed by atoms with van der Waals surface area (Å²) in [6.07, 6.45) is 3.02. The van der Waals surface area contributed by atoms with Crippen LogP contribution in [0.1, 0.15) is 23.1 Å². The highest BCUT2D eigenvalue weighted by atomic mass is 32.1. The molecule has 0 bridgehead atoms. The van der Waals surface area contributed by atoms with Crippen molar-refractivity contribution in [3.8, 4) is 0 Å². The van der Waals surface area contributed by atoms with E-state index in [1.807, 2.05) is 4.90 Å². The van der Waals surface area contributed by atoms with Gasteiger partial charge in [-0.15, -0.1) is 11.3 Å². The molecule has 6 heteroatoms. The number of aryl methyl sites for hydroxylation is 3. The lowest BCUT2D eigenvalue weighted by molar-refractivity contribution is -0.131. The van der Waals surface area contributed by atoms with Gasteiger partial charge < -0.3 is 9.80 Å². The number of rotatable bonds is 4. The number of carbonyl (C=O) groups excluding carboxylic acids is 1. The van der Waals surface area contributed by atoms with Crippen LogP contribution in [0, 0.1) is 13.8 Å². The molecule has 5 nitrogen and oxygen atoms in total. The average molecular weight is 381 g/mol. The van der Waals surface area contributed by atoms with E-state index in [0.717, 1.165) is 48.6 Å². The molecule has 1 aliphatic rings. The smallest absolute Gasteiger partial charge is 0.223 e. The van der Waals surface area contributed by atoms with Crippen molar-refractivity contribution < 1.29 is 4.79 Å². The van der Waals surface area contributed by atoms with E-state index in [1.165, 1.54) is 16.7 Å². The van der Waals surface area contributed by atoms with Gasteiger partial charge in [0.1, 0.15) is 17.0 Å². The van der Waals surface area contributed by atoms with Crippen molar-refractivity contribution in [1.29, 1.82) is 0 Å². The van der Waals surface area contributed by atoms with Crippen molar-refractivity contribution in [2.75, 3.05) is 31.1 Å². The number of nitrogens with zero attached hydrogens (tertiary/aromatic N) is 4. The normalized spacial score (nSPS) is 14.7. The molecule has 0 aliphatic carbocycles. The van der Waals surface area contributed by atoms with Crippen molar-refractivity contribution in [1.82, 2.24) is 14.9 Å². The molecule has 3 aromatic rings. The molecule has 1 amide bonds. The minimum Gasteiger partial charge on any atom is -0.352 e. The minimum absolute atomic E-state index is 0.248. The molecule has 3 heterocycles. The highest BCUT2D eigenvalue weighted by Gasteiger charge is 2.23. The van der Waals surface area contributed by atoms with Crippen LogP contribution in [0.25, 0.3) is 10.2 Å². The number of hydrogen-bond acceptors (Lipinski definition) is 5. The molecule has 0 unspecified atom stereocenters. The van der Waals surface area contributed by atoms with E-state index in [2.05, 4.69) is 58.4 Å². The third-order valence-corrected chi connectivity index (χ3v) is 6.10. The van der Waals surface area contributed by atoms with E-state index < -0.39 is 0 Å². The predicted molar refractivity (Wildman–Crippen MR) is 110 cm³/mol. The lowest BCUT2D eigenvalue weighted by Crippen LogP contribution is -2.49. The number of anilines is 1. The topological polar surface area (TPSA) is 49.3 Å². The lowest BCUT2D eigenvalue weighted by atomic mass is 10.0. The second kappa shape index (κ2) is 7.64. The fourth-order valence-electron chi connectivity index (χ4n) is 3.72. The van der Waals surface area contributed by atoms with Gasteiger partial charge in [0, 0.05) is 32.6 Å². The van der Waals surface area contributed by atoms with Gasteiger partial charge in [-0.05, 0) is 42.8 Å². The number of aromatic nitrogens is 2. The summed E-state index contributed by atoms with van der Waals surface area (Å²) in [5, 5.41) is 3.16. The van der Waals surface area contributed by atoms with Crippen LogP contribution in [-0.4, -0.2) is 47.0 Å². The molecule has 4 rings (SSSR count). The van der Waals surface area contributed by atoms with Crippen LogP contribution in [0.2, 0.25) is 0 Å². The van der Waals surface area contributed by atoms with Gasteiger partial charge in [-0.25, -0.2) is 9.97 Å². The molecule has 140 valence electrons. The van der Waals surface area contributed by atoms with Gasteiger partial charge in [0.25, 0.3) is 0 Å². The van der Waals surface area contributed by atoms with E-state index in [-0.39, 0.29) is 5.91 Å².